The lowest BCUT2D eigenvalue weighted by molar-refractivity contribution is 0.171. The van der Waals surface area contributed by atoms with Crippen molar-refractivity contribution < 1.29 is 4.74 Å². The first-order valence-corrected chi connectivity index (χ1v) is 7.17. The van der Waals surface area contributed by atoms with Crippen LogP contribution in [0.4, 0.5) is 0 Å². The summed E-state index contributed by atoms with van der Waals surface area (Å²) in [6.45, 7) is 0.753. The lowest BCUT2D eigenvalue weighted by Gasteiger charge is -2.12. The summed E-state index contributed by atoms with van der Waals surface area (Å²) in [4.78, 5) is 3.01. The summed E-state index contributed by atoms with van der Waals surface area (Å²) in [7, 11) is 3.75. The first-order valence-electron chi connectivity index (χ1n) is 5.20. The second-order valence-electron chi connectivity index (χ2n) is 3.70. The van der Waals surface area contributed by atoms with Crippen molar-refractivity contribution in [3.63, 3.8) is 0 Å². The van der Waals surface area contributed by atoms with E-state index in [1.807, 2.05) is 30.1 Å². The number of rotatable bonds is 4. The van der Waals surface area contributed by atoms with Crippen LogP contribution >= 0.6 is 23.1 Å². The Hall–Kier alpha value is -0.0300. The van der Waals surface area contributed by atoms with Gasteiger partial charge >= 0.3 is 0 Å². The van der Waals surface area contributed by atoms with Crippen LogP contribution in [0.1, 0.15) is 21.4 Å². The molecule has 1 aliphatic rings. The summed E-state index contributed by atoms with van der Waals surface area (Å²) in [5.41, 5.74) is 1.54. The smallest absolute Gasteiger partial charge is 0.0665 e. The van der Waals surface area contributed by atoms with Crippen LogP contribution in [0.5, 0.6) is 0 Å². The molecule has 0 saturated carbocycles. The summed E-state index contributed by atoms with van der Waals surface area (Å²) in [5, 5.41) is 3.31. The van der Waals surface area contributed by atoms with Crippen LogP contribution in [0.15, 0.2) is 6.07 Å². The number of thiophene rings is 1. The lowest BCUT2D eigenvalue weighted by Crippen LogP contribution is -2.19. The third kappa shape index (κ3) is 2.56. The number of likely N-dealkylation sites (N-methyl/N-ethyl adjacent to an activating group) is 1. The molecule has 0 aromatic carbocycles. The van der Waals surface area contributed by atoms with Crippen molar-refractivity contribution in [1.82, 2.24) is 5.32 Å². The molecule has 1 aliphatic heterocycles. The zero-order valence-electron chi connectivity index (χ0n) is 9.21. The van der Waals surface area contributed by atoms with E-state index in [4.69, 9.17) is 4.74 Å². The van der Waals surface area contributed by atoms with Gasteiger partial charge in [-0.25, -0.2) is 0 Å². The fourth-order valence-corrected chi connectivity index (χ4v) is 4.29. The van der Waals surface area contributed by atoms with E-state index in [1.54, 1.807) is 17.6 Å². The minimum atomic E-state index is 0.357. The van der Waals surface area contributed by atoms with Crippen LogP contribution in [-0.2, 0) is 16.9 Å². The average Bonchev–Trinajstić information content (AvgIpc) is 2.69. The van der Waals surface area contributed by atoms with Crippen molar-refractivity contribution in [1.29, 1.82) is 0 Å². The summed E-state index contributed by atoms with van der Waals surface area (Å²) in [6, 6.07) is 2.71. The predicted octanol–water partition coefficient (Wildman–Crippen LogP) is 2.44. The van der Waals surface area contributed by atoms with Gasteiger partial charge in [0.25, 0.3) is 0 Å². The number of thioether (sulfide) groups is 1. The highest BCUT2D eigenvalue weighted by Gasteiger charge is 2.18. The van der Waals surface area contributed by atoms with E-state index < -0.39 is 0 Å². The Labute approximate surface area is 99.4 Å². The molecule has 0 bridgehead atoms. The van der Waals surface area contributed by atoms with Gasteiger partial charge in [-0.1, -0.05) is 0 Å². The molecule has 0 radical (unpaired) electrons. The molecule has 2 heterocycles. The second kappa shape index (κ2) is 5.34. The topological polar surface area (TPSA) is 21.3 Å². The van der Waals surface area contributed by atoms with E-state index in [2.05, 4.69) is 11.4 Å². The van der Waals surface area contributed by atoms with Crippen molar-refractivity contribution in [2.24, 2.45) is 0 Å². The van der Waals surface area contributed by atoms with E-state index in [9.17, 15) is 0 Å². The molecule has 0 amide bonds. The summed E-state index contributed by atoms with van der Waals surface area (Å²) in [5.74, 6) is 2.47. The molecule has 0 spiro atoms. The number of aryl methyl sites for hydroxylation is 1. The van der Waals surface area contributed by atoms with Crippen molar-refractivity contribution in [2.45, 2.75) is 18.2 Å². The molecule has 1 N–H and O–H groups in total. The number of ether oxygens (including phenoxy) is 1. The van der Waals surface area contributed by atoms with Crippen LogP contribution in [0, 0.1) is 0 Å². The molecule has 0 aliphatic carbocycles. The van der Waals surface area contributed by atoms with Crippen molar-refractivity contribution in [2.75, 3.05) is 26.5 Å². The van der Waals surface area contributed by atoms with E-state index in [1.165, 1.54) is 22.8 Å². The van der Waals surface area contributed by atoms with E-state index >= 15 is 0 Å². The fourth-order valence-electron chi connectivity index (χ4n) is 1.82. The highest BCUT2D eigenvalue weighted by molar-refractivity contribution is 7.98. The van der Waals surface area contributed by atoms with Crippen molar-refractivity contribution in [3.05, 3.63) is 21.4 Å². The maximum Gasteiger partial charge on any atom is 0.0665 e. The van der Waals surface area contributed by atoms with Gasteiger partial charge in [0, 0.05) is 22.6 Å². The third-order valence-corrected chi connectivity index (χ3v) is 5.03. The van der Waals surface area contributed by atoms with Gasteiger partial charge < -0.3 is 10.1 Å². The number of methoxy groups -OCH3 is 1. The first kappa shape index (κ1) is 11.5. The van der Waals surface area contributed by atoms with Crippen LogP contribution in [0.2, 0.25) is 0 Å². The second-order valence-corrected chi connectivity index (χ2v) is 5.97. The largest absolute Gasteiger partial charge is 0.383 e. The molecular formula is C11H17NOS2. The first-order chi connectivity index (χ1) is 7.35. The van der Waals surface area contributed by atoms with Crippen LogP contribution in [0.25, 0.3) is 0 Å². The van der Waals surface area contributed by atoms with Gasteiger partial charge in [-0.2, -0.15) is 11.8 Å². The Bertz CT molecular complexity index is 301. The maximum absolute atomic E-state index is 5.22. The van der Waals surface area contributed by atoms with Gasteiger partial charge in [-0.05, 0) is 30.9 Å². The SMILES string of the molecule is CNC(COC)c1cc2c(s1)CCSC2. The Kier molecular flexibility index (Phi) is 4.08. The van der Waals surface area contributed by atoms with Gasteiger partial charge in [-0.15, -0.1) is 11.3 Å². The van der Waals surface area contributed by atoms with Gasteiger partial charge in [0.2, 0.25) is 0 Å². The molecule has 0 saturated heterocycles. The summed E-state index contributed by atoms with van der Waals surface area (Å²) in [6.07, 6.45) is 1.24. The molecule has 1 unspecified atom stereocenters. The zero-order chi connectivity index (χ0) is 10.7. The molecule has 84 valence electrons. The lowest BCUT2D eigenvalue weighted by atomic mass is 10.2. The van der Waals surface area contributed by atoms with Crippen molar-refractivity contribution >= 4 is 23.1 Å². The van der Waals surface area contributed by atoms with Gasteiger partial charge in [0.05, 0.1) is 12.6 Å². The minimum absolute atomic E-state index is 0.357. The quantitative estimate of drug-likeness (QED) is 0.877. The Morgan fingerprint density at radius 2 is 2.47 bits per heavy atom. The number of fused-ring (bicyclic) bond motifs is 1. The molecule has 1 aromatic rings. The summed E-state index contributed by atoms with van der Waals surface area (Å²) < 4.78 is 5.22. The van der Waals surface area contributed by atoms with Gasteiger partial charge in [0.15, 0.2) is 0 Å². The standard InChI is InChI=1S/C11H17NOS2/c1-12-9(6-13-2)11-5-8-7-14-4-3-10(8)15-11/h5,9,12H,3-4,6-7H2,1-2H3. The normalized spacial score (nSPS) is 17.5. The number of nitrogens with one attached hydrogen (secondary N) is 1. The molecule has 0 fully saturated rings. The molecule has 4 heteroatoms. The predicted molar refractivity (Wildman–Crippen MR) is 67.9 cm³/mol. The number of hydrogen-bond acceptors (Lipinski definition) is 4. The molecular weight excluding hydrogens is 226 g/mol. The molecule has 15 heavy (non-hydrogen) atoms. The van der Waals surface area contributed by atoms with Crippen molar-refractivity contribution in [3.8, 4) is 0 Å². The molecule has 2 nitrogen and oxygen atoms in total. The summed E-state index contributed by atoms with van der Waals surface area (Å²) >= 11 is 3.99. The van der Waals surface area contributed by atoms with Crippen LogP contribution in [0.3, 0.4) is 0 Å². The van der Waals surface area contributed by atoms with Crippen LogP contribution in [-0.4, -0.2) is 26.5 Å². The molecule has 1 aromatic heterocycles. The zero-order valence-corrected chi connectivity index (χ0v) is 10.8. The molecule has 2 rings (SSSR count). The highest BCUT2D eigenvalue weighted by Crippen LogP contribution is 2.34. The van der Waals surface area contributed by atoms with Crippen LogP contribution < -0.4 is 5.32 Å². The highest BCUT2D eigenvalue weighted by atomic mass is 32.2. The Morgan fingerprint density at radius 3 is 3.13 bits per heavy atom. The van der Waals surface area contributed by atoms with E-state index in [0.717, 1.165) is 6.61 Å². The monoisotopic (exact) mass is 243 g/mol. The Balaban J connectivity index is 2.16. The fraction of sp³-hybridized carbons (Fsp3) is 0.636. The maximum atomic E-state index is 5.22. The van der Waals surface area contributed by atoms with E-state index in [0.29, 0.717) is 6.04 Å². The van der Waals surface area contributed by atoms with Gasteiger partial charge in [-0.3, -0.25) is 0 Å². The third-order valence-electron chi connectivity index (χ3n) is 2.67. The Morgan fingerprint density at radius 1 is 1.60 bits per heavy atom. The average molecular weight is 243 g/mol. The number of hydrogen-bond donors (Lipinski definition) is 1. The van der Waals surface area contributed by atoms with Gasteiger partial charge in [0.1, 0.15) is 0 Å². The molecule has 1 atom stereocenters. The van der Waals surface area contributed by atoms with E-state index in [-0.39, 0.29) is 0 Å². The minimum Gasteiger partial charge on any atom is -0.383 e.